The molecule has 1 aromatic carbocycles. The number of aromatic nitrogens is 1. The van der Waals surface area contributed by atoms with Crippen LogP contribution in [0.4, 0.5) is 11.4 Å². The maximum atomic E-state index is 12.1. The molecule has 2 rings (SSSR count). The van der Waals surface area contributed by atoms with Crippen LogP contribution < -0.4 is 10.6 Å². The molecule has 1 amide bonds. The van der Waals surface area contributed by atoms with E-state index in [0.29, 0.717) is 12.2 Å². The zero-order chi connectivity index (χ0) is 12.3. The summed E-state index contributed by atoms with van der Waals surface area (Å²) >= 11 is 0. The number of nitrogen functional groups attached to an aromatic ring is 1. The molecule has 0 aliphatic heterocycles. The molecule has 0 spiro atoms. The first-order chi connectivity index (χ1) is 8.22. The number of carbonyl (C=O) groups is 1. The number of hydrogen-bond donors (Lipinski definition) is 1. The van der Waals surface area contributed by atoms with E-state index >= 15 is 0 Å². The predicted molar refractivity (Wildman–Crippen MR) is 64.7 cm³/mol. The molecule has 5 nitrogen and oxygen atoms in total. The van der Waals surface area contributed by atoms with Crippen molar-refractivity contribution in [1.29, 1.82) is 0 Å². The van der Waals surface area contributed by atoms with Gasteiger partial charge in [0.2, 0.25) is 0 Å². The summed E-state index contributed by atoms with van der Waals surface area (Å²) in [5, 5.41) is 3.64. The molecule has 0 saturated carbocycles. The Balaban J connectivity index is 2.31. The largest absolute Gasteiger partial charge is 0.399 e. The topological polar surface area (TPSA) is 72.4 Å². The lowest BCUT2D eigenvalue weighted by molar-refractivity contribution is 0.0979. The van der Waals surface area contributed by atoms with E-state index in [1.807, 2.05) is 19.1 Å². The van der Waals surface area contributed by atoms with Crippen molar-refractivity contribution in [3.63, 3.8) is 0 Å². The highest BCUT2D eigenvalue weighted by atomic mass is 16.5. The van der Waals surface area contributed by atoms with E-state index in [1.165, 1.54) is 12.3 Å². The Labute approximate surface area is 98.8 Å². The summed E-state index contributed by atoms with van der Waals surface area (Å²) in [6.07, 6.45) is 1.38. The van der Waals surface area contributed by atoms with Gasteiger partial charge in [-0.25, -0.2) is 0 Å². The number of hydrogen-bond acceptors (Lipinski definition) is 4. The lowest BCUT2D eigenvalue weighted by Gasteiger charge is -2.19. The van der Waals surface area contributed by atoms with Gasteiger partial charge in [-0.05, 0) is 25.1 Å². The maximum Gasteiger partial charge on any atom is 0.280 e. The van der Waals surface area contributed by atoms with Crippen LogP contribution in [0.3, 0.4) is 0 Å². The van der Waals surface area contributed by atoms with Gasteiger partial charge in [0.15, 0.2) is 5.69 Å². The first-order valence-corrected chi connectivity index (χ1v) is 5.30. The minimum absolute atomic E-state index is 0.202. The molecule has 0 unspecified atom stereocenters. The SMILES string of the molecule is CCN(C(=O)c1ccon1)c1cccc(N)c1. The minimum atomic E-state index is -0.202. The number of carbonyl (C=O) groups excluding carboxylic acids is 1. The molecule has 0 saturated heterocycles. The minimum Gasteiger partial charge on any atom is -0.399 e. The molecular formula is C12H13N3O2. The van der Waals surface area contributed by atoms with Crippen LogP contribution in [0.15, 0.2) is 41.1 Å². The lowest BCUT2D eigenvalue weighted by atomic mass is 10.2. The van der Waals surface area contributed by atoms with Gasteiger partial charge in [-0.3, -0.25) is 4.79 Å². The van der Waals surface area contributed by atoms with Crippen molar-refractivity contribution in [3.05, 3.63) is 42.3 Å². The van der Waals surface area contributed by atoms with Crippen LogP contribution in [0.1, 0.15) is 17.4 Å². The van der Waals surface area contributed by atoms with E-state index in [0.717, 1.165) is 5.69 Å². The van der Waals surface area contributed by atoms with Gasteiger partial charge < -0.3 is 15.2 Å². The van der Waals surface area contributed by atoms with E-state index in [1.54, 1.807) is 17.0 Å². The molecule has 0 bridgehead atoms. The normalized spacial score (nSPS) is 10.2. The molecule has 0 fully saturated rings. The highest BCUT2D eigenvalue weighted by Crippen LogP contribution is 2.19. The summed E-state index contributed by atoms with van der Waals surface area (Å²) < 4.78 is 4.67. The van der Waals surface area contributed by atoms with Crippen LogP contribution in [0.2, 0.25) is 0 Å². The van der Waals surface area contributed by atoms with Gasteiger partial charge in [-0.15, -0.1) is 0 Å². The van der Waals surface area contributed by atoms with Crippen LogP contribution in [0, 0.1) is 0 Å². The third kappa shape index (κ3) is 2.28. The molecule has 1 heterocycles. The van der Waals surface area contributed by atoms with Crippen LogP contribution in [0.25, 0.3) is 0 Å². The molecule has 0 radical (unpaired) electrons. The Hall–Kier alpha value is -2.30. The second kappa shape index (κ2) is 4.69. The second-order valence-corrected chi connectivity index (χ2v) is 3.53. The van der Waals surface area contributed by atoms with Gasteiger partial charge in [-0.2, -0.15) is 0 Å². The van der Waals surface area contributed by atoms with E-state index < -0.39 is 0 Å². The van der Waals surface area contributed by atoms with Crippen molar-refractivity contribution in [3.8, 4) is 0 Å². The molecule has 5 heteroatoms. The highest BCUT2D eigenvalue weighted by Gasteiger charge is 2.18. The monoisotopic (exact) mass is 231 g/mol. The average Bonchev–Trinajstić information content (AvgIpc) is 2.83. The van der Waals surface area contributed by atoms with Crippen molar-refractivity contribution < 1.29 is 9.32 Å². The predicted octanol–water partition coefficient (Wildman–Crippen LogP) is 1.92. The summed E-state index contributed by atoms with van der Waals surface area (Å²) in [5.74, 6) is -0.202. The van der Waals surface area contributed by atoms with Gasteiger partial charge in [0, 0.05) is 24.0 Å². The quantitative estimate of drug-likeness (QED) is 0.819. The van der Waals surface area contributed by atoms with Crippen molar-refractivity contribution >= 4 is 17.3 Å². The molecule has 0 atom stereocenters. The van der Waals surface area contributed by atoms with Crippen molar-refractivity contribution in [2.75, 3.05) is 17.2 Å². The fraction of sp³-hybridized carbons (Fsp3) is 0.167. The molecule has 0 aliphatic carbocycles. The Kier molecular flexibility index (Phi) is 3.09. The number of amides is 1. The van der Waals surface area contributed by atoms with E-state index in [4.69, 9.17) is 5.73 Å². The molecular weight excluding hydrogens is 218 g/mol. The Morgan fingerprint density at radius 1 is 1.47 bits per heavy atom. The zero-order valence-corrected chi connectivity index (χ0v) is 9.46. The number of benzene rings is 1. The van der Waals surface area contributed by atoms with Crippen LogP contribution in [-0.4, -0.2) is 17.6 Å². The van der Waals surface area contributed by atoms with Crippen molar-refractivity contribution in [2.45, 2.75) is 6.92 Å². The fourth-order valence-corrected chi connectivity index (χ4v) is 1.60. The standard InChI is InChI=1S/C12H13N3O2/c1-2-15(10-5-3-4-9(13)8-10)12(16)11-6-7-17-14-11/h3-8H,2,13H2,1H3. The van der Waals surface area contributed by atoms with Gasteiger partial charge in [-0.1, -0.05) is 11.2 Å². The van der Waals surface area contributed by atoms with Crippen molar-refractivity contribution in [1.82, 2.24) is 5.16 Å². The number of anilines is 2. The van der Waals surface area contributed by atoms with Crippen LogP contribution >= 0.6 is 0 Å². The van der Waals surface area contributed by atoms with Gasteiger partial charge in [0.1, 0.15) is 6.26 Å². The molecule has 1 aromatic heterocycles. The maximum absolute atomic E-state index is 12.1. The second-order valence-electron chi connectivity index (χ2n) is 3.53. The summed E-state index contributed by atoms with van der Waals surface area (Å²) in [6.45, 7) is 2.43. The first-order valence-electron chi connectivity index (χ1n) is 5.30. The fourth-order valence-electron chi connectivity index (χ4n) is 1.60. The summed E-state index contributed by atoms with van der Waals surface area (Å²) in [7, 11) is 0. The van der Waals surface area contributed by atoms with E-state index in [2.05, 4.69) is 9.68 Å². The third-order valence-corrected chi connectivity index (χ3v) is 2.40. The van der Waals surface area contributed by atoms with Crippen LogP contribution in [0.5, 0.6) is 0 Å². The van der Waals surface area contributed by atoms with Crippen LogP contribution in [-0.2, 0) is 0 Å². The number of nitrogens with two attached hydrogens (primary N) is 1. The van der Waals surface area contributed by atoms with E-state index in [-0.39, 0.29) is 11.6 Å². The number of rotatable bonds is 3. The summed E-state index contributed by atoms with van der Waals surface area (Å²) in [6, 6.07) is 8.71. The molecule has 2 N–H and O–H groups in total. The van der Waals surface area contributed by atoms with Crippen molar-refractivity contribution in [2.24, 2.45) is 0 Å². The lowest BCUT2D eigenvalue weighted by Crippen LogP contribution is -2.30. The van der Waals surface area contributed by atoms with Gasteiger partial charge >= 0.3 is 0 Å². The van der Waals surface area contributed by atoms with Gasteiger partial charge in [0.05, 0.1) is 0 Å². The van der Waals surface area contributed by atoms with E-state index in [9.17, 15) is 4.79 Å². The summed E-state index contributed by atoms with van der Waals surface area (Å²) in [4.78, 5) is 13.7. The first kappa shape index (κ1) is 11.2. The molecule has 2 aromatic rings. The Morgan fingerprint density at radius 2 is 2.29 bits per heavy atom. The average molecular weight is 231 g/mol. The molecule has 0 aliphatic rings. The Bertz CT molecular complexity index is 508. The summed E-state index contributed by atoms with van der Waals surface area (Å²) in [5.41, 5.74) is 7.35. The zero-order valence-electron chi connectivity index (χ0n) is 9.46. The third-order valence-electron chi connectivity index (χ3n) is 2.40. The Morgan fingerprint density at radius 3 is 2.88 bits per heavy atom. The molecule has 17 heavy (non-hydrogen) atoms. The highest BCUT2D eigenvalue weighted by molar-refractivity contribution is 6.04. The molecule has 88 valence electrons. The smallest absolute Gasteiger partial charge is 0.280 e. The van der Waals surface area contributed by atoms with Gasteiger partial charge in [0.25, 0.3) is 5.91 Å². The number of nitrogens with zero attached hydrogens (tertiary/aromatic N) is 2.